The Kier molecular flexibility index (Phi) is 7.92. The molecule has 1 aliphatic heterocycles. The van der Waals surface area contributed by atoms with Crippen LogP contribution in [0.2, 0.25) is 0 Å². The Balaban J connectivity index is 1.50. The monoisotopic (exact) mass is 483 g/mol. The number of anilines is 1. The van der Waals surface area contributed by atoms with Crippen LogP contribution < -0.4 is 10.6 Å². The van der Waals surface area contributed by atoms with E-state index in [0.29, 0.717) is 23.7 Å². The van der Waals surface area contributed by atoms with Gasteiger partial charge in [0.05, 0.1) is 0 Å². The minimum Gasteiger partial charge on any atom is -0.344 e. The molecule has 2 aromatic rings. The lowest BCUT2D eigenvalue weighted by molar-refractivity contribution is -0.142. The Labute approximate surface area is 204 Å². The molecule has 2 atom stereocenters. The van der Waals surface area contributed by atoms with Crippen LogP contribution >= 0.6 is 11.5 Å². The molecule has 2 aliphatic rings. The summed E-state index contributed by atoms with van der Waals surface area (Å²) in [6, 6.07) is 8.44. The third-order valence-electron chi connectivity index (χ3n) is 6.82. The fraction of sp³-hybridized carbons (Fsp3) is 0.560. The van der Waals surface area contributed by atoms with Crippen LogP contribution in [0.25, 0.3) is 11.3 Å². The van der Waals surface area contributed by atoms with Crippen molar-refractivity contribution in [3.05, 3.63) is 30.3 Å². The van der Waals surface area contributed by atoms with Crippen LogP contribution in [0.15, 0.2) is 30.3 Å². The zero-order valence-corrected chi connectivity index (χ0v) is 20.6. The summed E-state index contributed by atoms with van der Waals surface area (Å²) in [4.78, 5) is 41.2. The molecule has 3 amide bonds. The minimum absolute atomic E-state index is 0.114. The molecule has 4 rings (SSSR count). The second-order valence-corrected chi connectivity index (χ2v) is 10.3. The zero-order chi connectivity index (χ0) is 24.1. The maximum Gasteiger partial charge on any atom is 0.247 e. The zero-order valence-electron chi connectivity index (χ0n) is 19.8. The van der Waals surface area contributed by atoms with Crippen molar-refractivity contribution in [3.63, 3.8) is 0 Å². The van der Waals surface area contributed by atoms with Gasteiger partial charge in [-0.15, -0.1) is 5.10 Å². The van der Waals surface area contributed by atoms with E-state index in [1.165, 1.54) is 0 Å². The standard InChI is InChI=1S/C25H33N5O3S/c1-16(2)22(31)26-21(18-12-7-4-8-13-18)25(33)30-15-9-14-19(30)23(32)27-24-20(28-29-34-24)17-10-5-3-6-11-17/h3,5-6,10-11,16,18-19,21H,4,7-9,12-15H2,1-2H3,(H,26,31)(H,27,32)/t19-,21-/m0/s1. The molecule has 1 aromatic heterocycles. The largest absolute Gasteiger partial charge is 0.344 e. The number of likely N-dealkylation sites (tertiary alicyclic amines) is 1. The molecule has 0 unspecified atom stereocenters. The van der Waals surface area contributed by atoms with E-state index in [1.54, 1.807) is 4.90 Å². The average molecular weight is 484 g/mol. The summed E-state index contributed by atoms with van der Waals surface area (Å²) in [5, 5.41) is 10.7. The number of hydrogen-bond acceptors (Lipinski definition) is 6. The molecule has 182 valence electrons. The summed E-state index contributed by atoms with van der Waals surface area (Å²) in [5.74, 6) is -0.571. The first-order valence-electron chi connectivity index (χ1n) is 12.2. The third-order valence-corrected chi connectivity index (χ3v) is 7.46. The molecule has 2 fully saturated rings. The second-order valence-electron chi connectivity index (χ2n) is 9.53. The third kappa shape index (κ3) is 5.46. The molecule has 1 aliphatic carbocycles. The van der Waals surface area contributed by atoms with Crippen molar-refractivity contribution in [2.75, 3.05) is 11.9 Å². The summed E-state index contributed by atoms with van der Waals surface area (Å²) in [6.45, 7) is 4.18. The highest BCUT2D eigenvalue weighted by Gasteiger charge is 2.41. The first-order chi connectivity index (χ1) is 16.5. The highest BCUT2D eigenvalue weighted by molar-refractivity contribution is 7.10. The van der Waals surface area contributed by atoms with E-state index >= 15 is 0 Å². The number of rotatable bonds is 7. The van der Waals surface area contributed by atoms with Gasteiger partial charge in [0.2, 0.25) is 17.7 Å². The van der Waals surface area contributed by atoms with Crippen LogP contribution in [0, 0.1) is 11.8 Å². The molecular weight excluding hydrogens is 450 g/mol. The fourth-order valence-electron chi connectivity index (χ4n) is 4.90. The van der Waals surface area contributed by atoms with Crippen molar-refractivity contribution in [1.29, 1.82) is 0 Å². The Morgan fingerprint density at radius 1 is 1.03 bits per heavy atom. The molecule has 1 saturated carbocycles. The van der Waals surface area contributed by atoms with Crippen LogP contribution in [0.1, 0.15) is 58.8 Å². The average Bonchev–Trinajstić information content (AvgIpc) is 3.53. The number of amides is 3. The van der Waals surface area contributed by atoms with Crippen LogP contribution in [-0.4, -0.2) is 50.8 Å². The number of nitrogens with one attached hydrogen (secondary N) is 2. The number of benzene rings is 1. The van der Waals surface area contributed by atoms with E-state index in [1.807, 2.05) is 44.2 Å². The van der Waals surface area contributed by atoms with Crippen molar-refractivity contribution >= 4 is 34.3 Å². The van der Waals surface area contributed by atoms with Crippen molar-refractivity contribution in [2.45, 2.75) is 70.9 Å². The maximum atomic E-state index is 13.7. The smallest absolute Gasteiger partial charge is 0.247 e. The molecule has 2 N–H and O–H groups in total. The predicted molar refractivity (Wildman–Crippen MR) is 132 cm³/mol. The minimum atomic E-state index is -0.575. The van der Waals surface area contributed by atoms with Gasteiger partial charge in [-0.05, 0) is 31.6 Å². The molecule has 0 spiro atoms. The summed E-state index contributed by atoms with van der Waals surface area (Å²) in [7, 11) is 0. The van der Waals surface area contributed by atoms with E-state index in [0.717, 1.165) is 55.6 Å². The number of carbonyl (C=O) groups excluding carboxylic acids is 3. The van der Waals surface area contributed by atoms with E-state index in [4.69, 9.17) is 0 Å². The van der Waals surface area contributed by atoms with Crippen molar-refractivity contribution in [2.24, 2.45) is 11.8 Å². The lowest BCUT2D eigenvalue weighted by atomic mass is 9.83. The van der Waals surface area contributed by atoms with Gasteiger partial charge in [-0.25, -0.2) is 0 Å². The predicted octanol–water partition coefficient (Wildman–Crippen LogP) is 3.86. The molecule has 0 radical (unpaired) electrons. The van der Waals surface area contributed by atoms with Gasteiger partial charge in [0.15, 0.2) is 0 Å². The van der Waals surface area contributed by atoms with E-state index < -0.39 is 12.1 Å². The van der Waals surface area contributed by atoms with Gasteiger partial charge in [-0.2, -0.15) is 0 Å². The van der Waals surface area contributed by atoms with Gasteiger partial charge in [-0.3, -0.25) is 14.4 Å². The maximum absolute atomic E-state index is 13.7. The lowest BCUT2D eigenvalue weighted by Crippen LogP contribution is -2.56. The van der Waals surface area contributed by atoms with Crippen LogP contribution in [0.4, 0.5) is 5.00 Å². The first-order valence-corrected chi connectivity index (χ1v) is 13.0. The SMILES string of the molecule is CC(C)C(=O)N[C@H](C(=O)N1CCC[C@H]1C(=O)Nc1snnc1-c1ccccc1)C1CCCCC1. The van der Waals surface area contributed by atoms with Crippen LogP contribution in [-0.2, 0) is 14.4 Å². The lowest BCUT2D eigenvalue weighted by Gasteiger charge is -2.35. The number of carbonyl (C=O) groups is 3. The molecule has 34 heavy (non-hydrogen) atoms. The Morgan fingerprint density at radius 2 is 1.76 bits per heavy atom. The summed E-state index contributed by atoms with van der Waals surface area (Å²) in [6.07, 6.45) is 6.49. The molecule has 1 saturated heterocycles. The van der Waals surface area contributed by atoms with Crippen LogP contribution in [0.5, 0.6) is 0 Å². The van der Waals surface area contributed by atoms with E-state index in [2.05, 4.69) is 20.2 Å². The highest BCUT2D eigenvalue weighted by Crippen LogP contribution is 2.32. The van der Waals surface area contributed by atoms with Crippen LogP contribution in [0.3, 0.4) is 0 Å². The van der Waals surface area contributed by atoms with Gasteiger partial charge < -0.3 is 15.5 Å². The molecule has 9 heteroatoms. The van der Waals surface area contributed by atoms with Crippen molar-refractivity contribution in [3.8, 4) is 11.3 Å². The molecular formula is C25H33N5O3S. The van der Waals surface area contributed by atoms with Crippen molar-refractivity contribution < 1.29 is 14.4 Å². The van der Waals surface area contributed by atoms with Gasteiger partial charge in [-0.1, -0.05) is 67.9 Å². The van der Waals surface area contributed by atoms with E-state index in [-0.39, 0.29) is 29.6 Å². The summed E-state index contributed by atoms with van der Waals surface area (Å²) >= 11 is 1.13. The fourth-order valence-corrected chi connectivity index (χ4v) is 5.50. The van der Waals surface area contributed by atoms with Crippen molar-refractivity contribution in [1.82, 2.24) is 19.8 Å². The highest BCUT2D eigenvalue weighted by atomic mass is 32.1. The Morgan fingerprint density at radius 3 is 2.47 bits per heavy atom. The molecule has 0 bridgehead atoms. The van der Waals surface area contributed by atoms with Gasteiger partial charge in [0.1, 0.15) is 22.8 Å². The number of aromatic nitrogens is 2. The molecule has 8 nitrogen and oxygen atoms in total. The first kappa shape index (κ1) is 24.3. The normalized spacial score (nSPS) is 19.7. The van der Waals surface area contributed by atoms with E-state index in [9.17, 15) is 14.4 Å². The summed E-state index contributed by atoms with van der Waals surface area (Å²) < 4.78 is 4.02. The topological polar surface area (TPSA) is 104 Å². The number of hydrogen-bond donors (Lipinski definition) is 2. The Bertz CT molecular complexity index is 1000. The quantitative estimate of drug-likeness (QED) is 0.622. The molecule has 2 heterocycles. The van der Waals surface area contributed by atoms with Gasteiger partial charge in [0.25, 0.3) is 0 Å². The second kappa shape index (κ2) is 11.1. The summed E-state index contributed by atoms with van der Waals surface area (Å²) in [5.41, 5.74) is 1.50. The Hall–Kier alpha value is -2.81. The van der Waals surface area contributed by atoms with Gasteiger partial charge >= 0.3 is 0 Å². The molecule has 1 aromatic carbocycles. The number of nitrogens with zero attached hydrogens (tertiary/aromatic N) is 3. The van der Waals surface area contributed by atoms with Gasteiger partial charge in [0, 0.05) is 29.6 Å².